The van der Waals surface area contributed by atoms with Crippen molar-refractivity contribution in [2.75, 3.05) is 6.54 Å². The second-order valence-electron chi connectivity index (χ2n) is 6.04. The van der Waals surface area contributed by atoms with E-state index >= 15 is 0 Å². The second-order valence-corrected chi connectivity index (χ2v) is 6.04. The number of benzene rings is 2. The molecule has 0 spiro atoms. The summed E-state index contributed by atoms with van der Waals surface area (Å²) in [5.74, 6) is -0.564. The number of rotatable bonds is 5. The zero-order valence-corrected chi connectivity index (χ0v) is 13.1. The Kier molecular flexibility index (Phi) is 4.16. The van der Waals surface area contributed by atoms with Crippen molar-refractivity contribution >= 4 is 5.91 Å². The van der Waals surface area contributed by atoms with E-state index in [1.165, 1.54) is 24.3 Å². The van der Waals surface area contributed by atoms with Crippen molar-refractivity contribution in [1.82, 2.24) is 4.90 Å². The minimum Gasteiger partial charge on any atom is -0.338 e. The Bertz CT molecular complexity index is 708. The molecule has 0 heterocycles. The summed E-state index contributed by atoms with van der Waals surface area (Å²) in [6.45, 7) is 2.85. The third-order valence-electron chi connectivity index (χ3n) is 4.49. The zero-order chi connectivity index (χ0) is 16.4. The highest BCUT2D eigenvalue weighted by Crippen LogP contribution is 2.49. The Labute approximate surface area is 134 Å². The predicted molar refractivity (Wildman–Crippen MR) is 84.8 cm³/mol. The minimum atomic E-state index is -0.531. The van der Waals surface area contributed by atoms with E-state index in [4.69, 9.17) is 0 Å². The molecule has 0 atom stereocenters. The van der Waals surface area contributed by atoms with Crippen molar-refractivity contribution in [3.05, 3.63) is 71.3 Å². The average Bonchev–Trinajstić information content (AvgIpc) is 3.34. The van der Waals surface area contributed by atoms with E-state index in [-0.39, 0.29) is 17.5 Å². The summed E-state index contributed by atoms with van der Waals surface area (Å²) in [6.07, 6.45) is 1.55. The summed E-state index contributed by atoms with van der Waals surface area (Å²) < 4.78 is 26.4. The molecule has 0 aromatic heterocycles. The van der Waals surface area contributed by atoms with E-state index < -0.39 is 5.41 Å². The molecule has 120 valence electrons. The van der Waals surface area contributed by atoms with Gasteiger partial charge in [0.2, 0.25) is 5.91 Å². The lowest BCUT2D eigenvalue weighted by Crippen LogP contribution is -2.38. The number of carbonyl (C=O) groups is 1. The Morgan fingerprint density at radius 1 is 1.09 bits per heavy atom. The molecule has 0 unspecified atom stereocenters. The number of halogens is 2. The molecule has 0 radical (unpaired) electrons. The van der Waals surface area contributed by atoms with Crippen molar-refractivity contribution in [1.29, 1.82) is 0 Å². The first-order chi connectivity index (χ1) is 11.0. The van der Waals surface area contributed by atoms with Crippen molar-refractivity contribution in [2.24, 2.45) is 0 Å². The van der Waals surface area contributed by atoms with E-state index in [0.717, 1.165) is 24.0 Å². The topological polar surface area (TPSA) is 20.3 Å². The maximum atomic E-state index is 13.3. The van der Waals surface area contributed by atoms with Gasteiger partial charge in [0.05, 0.1) is 5.41 Å². The van der Waals surface area contributed by atoms with Gasteiger partial charge in [-0.1, -0.05) is 24.3 Å². The van der Waals surface area contributed by atoms with Gasteiger partial charge in [0.15, 0.2) is 0 Å². The maximum Gasteiger partial charge on any atom is 0.233 e. The molecule has 1 fully saturated rings. The van der Waals surface area contributed by atoms with Gasteiger partial charge in [-0.05, 0) is 55.2 Å². The highest BCUT2D eigenvalue weighted by molar-refractivity contribution is 5.91. The summed E-state index contributed by atoms with van der Waals surface area (Å²) >= 11 is 0. The van der Waals surface area contributed by atoms with Crippen LogP contribution in [0, 0.1) is 11.6 Å². The van der Waals surface area contributed by atoms with Crippen LogP contribution in [-0.2, 0) is 16.8 Å². The zero-order valence-electron chi connectivity index (χ0n) is 13.1. The number of carbonyl (C=O) groups excluding carboxylic acids is 1. The van der Waals surface area contributed by atoms with Gasteiger partial charge < -0.3 is 4.90 Å². The van der Waals surface area contributed by atoms with Crippen LogP contribution in [0.25, 0.3) is 0 Å². The third-order valence-corrected chi connectivity index (χ3v) is 4.49. The molecule has 1 amide bonds. The largest absolute Gasteiger partial charge is 0.338 e. The fraction of sp³-hybridized carbons (Fsp3) is 0.316. The first kappa shape index (κ1) is 15.7. The lowest BCUT2D eigenvalue weighted by molar-refractivity contribution is -0.134. The van der Waals surface area contributed by atoms with Gasteiger partial charge in [0.1, 0.15) is 11.6 Å². The first-order valence-corrected chi connectivity index (χ1v) is 7.85. The molecule has 2 aromatic carbocycles. The summed E-state index contributed by atoms with van der Waals surface area (Å²) in [4.78, 5) is 14.7. The first-order valence-electron chi connectivity index (χ1n) is 7.85. The summed E-state index contributed by atoms with van der Waals surface area (Å²) in [7, 11) is 0. The lowest BCUT2D eigenvalue weighted by Gasteiger charge is -2.26. The molecule has 1 aliphatic rings. The molecule has 23 heavy (non-hydrogen) atoms. The average molecular weight is 315 g/mol. The van der Waals surface area contributed by atoms with Crippen molar-refractivity contribution < 1.29 is 13.6 Å². The van der Waals surface area contributed by atoms with E-state index in [9.17, 15) is 13.6 Å². The van der Waals surface area contributed by atoms with Crippen LogP contribution < -0.4 is 0 Å². The Morgan fingerprint density at radius 2 is 1.78 bits per heavy atom. The third kappa shape index (κ3) is 3.11. The molecular formula is C19H19F2NO. The van der Waals surface area contributed by atoms with Crippen molar-refractivity contribution in [3.8, 4) is 0 Å². The molecule has 2 aromatic rings. The van der Waals surface area contributed by atoms with Gasteiger partial charge in [-0.15, -0.1) is 0 Å². The molecule has 0 saturated heterocycles. The van der Waals surface area contributed by atoms with E-state index in [2.05, 4.69) is 0 Å². The van der Waals surface area contributed by atoms with Crippen LogP contribution in [0.5, 0.6) is 0 Å². The highest BCUT2D eigenvalue weighted by Gasteiger charge is 2.52. The molecule has 4 heteroatoms. The Morgan fingerprint density at radius 3 is 2.35 bits per heavy atom. The van der Waals surface area contributed by atoms with Crippen molar-refractivity contribution in [2.45, 2.75) is 31.7 Å². The van der Waals surface area contributed by atoms with Gasteiger partial charge >= 0.3 is 0 Å². The number of amides is 1. The number of nitrogens with zero attached hydrogens (tertiary/aromatic N) is 1. The standard InChI is InChI=1S/C19H19F2NO/c1-2-22(13-14-4-3-5-17(21)12-14)18(23)19(10-11-19)15-6-8-16(20)9-7-15/h3-9,12H,2,10-11,13H2,1H3. The number of likely N-dealkylation sites (N-methyl/N-ethyl adjacent to an activating group) is 1. The minimum absolute atomic E-state index is 0.0378. The van der Waals surface area contributed by atoms with Crippen LogP contribution in [0.15, 0.2) is 48.5 Å². The SMILES string of the molecule is CCN(Cc1cccc(F)c1)C(=O)C1(c2ccc(F)cc2)CC1. The number of hydrogen-bond donors (Lipinski definition) is 0. The monoisotopic (exact) mass is 315 g/mol. The molecule has 1 aliphatic carbocycles. The fourth-order valence-corrected chi connectivity index (χ4v) is 3.01. The van der Waals surface area contributed by atoms with Crippen LogP contribution in [0.3, 0.4) is 0 Å². The summed E-state index contributed by atoms with van der Waals surface area (Å²) in [5.41, 5.74) is 1.11. The quantitative estimate of drug-likeness (QED) is 0.815. The van der Waals surface area contributed by atoms with Crippen LogP contribution in [0.2, 0.25) is 0 Å². The Hall–Kier alpha value is -2.23. The normalized spacial score (nSPS) is 15.3. The van der Waals surface area contributed by atoms with E-state index in [0.29, 0.717) is 13.1 Å². The smallest absolute Gasteiger partial charge is 0.233 e. The van der Waals surface area contributed by atoms with Crippen molar-refractivity contribution in [3.63, 3.8) is 0 Å². The molecule has 2 nitrogen and oxygen atoms in total. The predicted octanol–water partition coefficient (Wildman–Crippen LogP) is 4.05. The Balaban J connectivity index is 1.81. The van der Waals surface area contributed by atoms with E-state index in [1.807, 2.05) is 13.0 Å². The molecule has 3 rings (SSSR count). The highest BCUT2D eigenvalue weighted by atomic mass is 19.1. The second kappa shape index (κ2) is 6.11. The maximum absolute atomic E-state index is 13.3. The summed E-state index contributed by atoms with van der Waals surface area (Å²) in [5, 5.41) is 0. The van der Waals surface area contributed by atoms with Crippen LogP contribution in [0.4, 0.5) is 8.78 Å². The molecule has 0 bridgehead atoms. The van der Waals surface area contributed by atoms with Crippen LogP contribution >= 0.6 is 0 Å². The fourth-order valence-electron chi connectivity index (χ4n) is 3.01. The van der Waals surface area contributed by atoms with Crippen LogP contribution in [0.1, 0.15) is 30.9 Å². The van der Waals surface area contributed by atoms with Gasteiger partial charge in [0, 0.05) is 13.1 Å². The summed E-state index contributed by atoms with van der Waals surface area (Å²) in [6, 6.07) is 12.5. The van der Waals surface area contributed by atoms with Gasteiger partial charge in [0.25, 0.3) is 0 Å². The molecular weight excluding hydrogens is 296 g/mol. The molecule has 0 N–H and O–H groups in total. The lowest BCUT2D eigenvalue weighted by atomic mass is 9.94. The van der Waals surface area contributed by atoms with E-state index in [1.54, 1.807) is 23.1 Å². The van der Waals surface area contributed by atoms with Crippen LogP contribution in [-0.4, -0.2) is 17.4 Å². The molecule has 1 saturated carbocycles. The number of hydrogen-bond acceptors (Lipinski definition) is 1. The molecule has 0 aliphatic heterocycles. The van der Waals surface area contributed by atoms with Gasteiger partial charge in [-0.25, -0.2) is 8.78 Å². The van der Waals surface area contributed by atoms with Gasteiger partial charge in [-0.3, -0.25) is 4.79 Å². The van der Waals surface area contributed by atoms with Gasteiger partial charge in [-0.2, -0.15) is 0 Å².